The standard InChI is InChI=1S/C12H10ClFN4/c1-18-11(13)6-17-12(18)7-16-10-4-2-3-9(14)8(10)5-15/h2-4,6,16H,7H2,1H3. The summed E-state index contributed by atoms with van der Waals surface area (Å²) < 4.78 is 15.1. The minimum absolute atomic E-state index is 0.00203. The molecule has 0 aliphatic heterocycles. The highest BCUT2D eigenvalue weighted by Crippen LogP contribution is 2.19. The van der Waals surface area contributed by atoms with Gasteiger partial charge in [0, 0.05) is 7.05 Å². The average molecular weight is 265 g/mol. The van der Waals surface area contributed by atoms with Crippen LogP contribution in [-0.2, 0) is 13.6 Å². The molecule has 0 saturated carbocycles. The van der Waals surface area contributed by atoms with E-state index < -0.39 is 5.82 Å². The van der Waals surface area contributed by atoms with Crippen LogP contribution < -0.4 is 5.32 Å². The van der Waals surface area contributed by atoms with E-state index in [4.69, 9.17) is 16.9 Å². The molecule has 6 heteroatoms. The molecule has 0 spiro atoms. The van der Waals surface area contributed by atoms with E-state index in [-0.39, 0.29) is 5.56 Å². The topological polar surface area (TPSA) is 53.6 Å². The van der Waals surface area contributed by atoms with Gasteiger partial charge >= 0.3 is 0 Å². The molecule has 0 fully saturated rings. The predicted octanol–water partition coefficient (Wildman–Crippen LogP) is 2.70. The number of anilines is 1. The molecule has 0 aliphatic rings. The molecule has 0 unspecified atom stereocenters. The number of hydrogen-bond acceptors (Lipinski definition) is 3. The van der Waals surface area contributed by atoms with Crippen LogP contribution in [0.25, 0.3) is 0 Å². The second-order valence-electron chi connectivity index (χ2n) is 3.68. The Hall–Kier alpha value is -2.06. The van der Waals surface area contributed by atoms with Crippen LogP contribution in [-0.4, -0.2) is 9.55 Å². The van der Waals surface area contributed by atoms with Gasteiger partial charge in [0.15, 0.2) is 0 Å². The van der Waals surface area contributed by atoms with Gasteiger partial charge in [-0.15, -0.1) is 0 Å². The van der Waals surface area contributed by atoms with Crippen molar-refractivity contribution >= 4 is 17.3 Å². The lowest BCUT2D eigenvalue weighted by atomic mass is 10.2. The van der Waals surface area contributed by atoms with Crippen LogP contribution in [0.4, 0.5) is 10.1 Å². The van der Waals surface area contributed by atoms with Gasteiger partial charge in [0.2, 0.25) is 0 Å². The molecule has 0 bridgehead atoms. The molecule has 1 aromatic heterocycles. The maximum Gasteiger partial charge on any atom is 0.143 e. The third-order valence-electron chi connectivity index (χ3n) is 2.59. The second-order valence-corrected chi connectivity index (χ2v) is 4.07. The Morgan fingerprint density at radius 1 is 1.56 bits per heavy atom. The number of hydrogen-bond donors (Lipinski definition) is 1. The van der Waals surface area contributed by atoms with Gasteiger partial charge in [0.1, 0.15) is 28.4 Å². The van der Waals surface area contributed by atoms with Crippen LogP contribution in [0.2, 0.25) is 5.15 Å². The molecule has 0 saturated heterocycles. The smallest absolute Gasteiger partial charge is 0.143 e. The van der Waals surface area contributed by atoms with Crippen molar-refractivity contribution in [3.8, 4) is 6.07 Å². The Bertz CT molecular complexity index is 615. The van der Waals surface area contributed by atoms with Gasteiger partial charge < -0.3 is 9.88 Å². The van der Waals surface area contributed by atoms with Crippen molar-refractivity contribution in [1.29, 1.82) is 5.26 Å². The number of nitrogens with zero attached hydrogens (tertiary/aromatic N) is 3. The largest absolute Gasteiger partial charge is 0.377 e. The van der Waals surface area contributed by atoms with Crippen molar-refractivity contribution in [1.82, 2.24) is 9.55 Å². The third kappa shape index (κ3) is 2.29. The first-order valence-corrected chi connectivity index (χ1v) is 5.60. The normalized spacial score (nSPS) is 10.1. The summed E-state index contributed by atoms with van der Waals surface area (Å²) in [6.07, 6.45) is 1.54. The van der Waals surface area contributed by atoms with Crippen molar-refractivity contribution in [2.75, 3.05) is 5.32 Å². The van der Waals surface area contributed by atoms with Crippen LogP contribution in [0, 0.1) is 17.1 Å². The van der Waals surface area contributed by atoms with Crippen LogP contribution in [0.15, 0.2) is 24.4 Å². The molecule has 0 radical (unpaired) electrons. The first-order valence-electron chi connectivity index (χ1n) is 5.22. The summed E-state index contributed by atoms with van der Waals surface area (Å²) in [6.45, 7) is 0.362. The van der Waals surface area contributed by atoms with E-state index in [2.05, 4.69) is 10.3 Å². The summed E-state index contributed by atoms with van der Waals surface area (Å²) in [5.41, 5.74) is 0.439. The molecule has 1 aromatic carbocycles. The number of benzene rings is 1. The number of aromatic nitrogens is 2. The first-order chi connectivity index (χ1) is 8.63. The van der Waals surface area contributed by atoms with Gasteiger partial charge in [-0.2, -0.15) is 5.26 Å². The first kappa shape index (κ1) is 12.4. The zero-order valence-corrected chi connectivity index (χ0v) is 10.4. The lowest BCUT2D eigenvalue weighted by molar-refractivity contribution is 0.624. The molecule has 92 valence electrons. The Kier molecular flexibility index (Phi) is 3.49. The molecule has 2 rings (SSSR count). The van der Waals surface area contributed by atoms with Gasteiger partial charge in [-0.25, -0.2) is 9.37 Å². The molecule has 0 amide bonds. The number of imidazole rings is 1. The van der Waals surface area contributed by atoms with E-state index in [1.165, 1.54) is 12.3 Å². The fourth-order valence-corrected chi connectivity index (χ4v) is 1.69. The average Bonchev–Trinajstić information content (AvgIpc) is 2.68. The summed E-state index contributed by atoms with van der Waals surface area (Å²) in [5.74, 6) is 0.161. The fourth-order valence-electron chi connectivity index (χ4n) is 1.55. The Balaban J connectivity index is 2.19. The number of halogens is 2. The van der Waals surface area contributed by atoms with Crippen molar-refractivity contribution in [2.45, 2.75) is 6.54 Å². The number of nitrogens with one attached hydrogen (secondary N) is 1. The van der Waals surface area contributed by atoms with E-state index in [1.54, 1.807) is 23.7 Å². The molecule has 2 aromatic rings. The van der Waals surface area contributed by atoms with Crippen molar-refractivity contribution in [2.24, 2.45) is 7.05 Å². The number of nitriles is 1. The lowest BCUT2D eigenvalue weighted by Gasteiger charge is -2.08. The van der Waals surface area contributed by atoms with Crippen LogP contribution in [0.5, 0.6) is 0 Å². The molecule has 18 heavy (non-hydrogen) atoms. The Labute approximate surface area is 109 Å². The maximum atomic E-state index is 13.4. The van der Waals surface area contributed by atoms with Gasteiger partial charge in [-0.3, -0.25) is 0 Å². The molecule has 0 aliphatic carbocycles. The maximum absolute atomic E-state index is 13.4. The molecular formula is C12H10ClFN4. The van der Waals surface area contributed by atoms with E-state index in [1.807, 2.05) is 6.07 Å². The predicted molar refractivity (Wildman–Crippen MR) is 66.7 cm³/mol. The van der Waals surface area contributed by atoms with Gasteiger partial charge in [-0.05, 0) is 12.1 Å². The summed E-state index contributed by atoms with van der Waals surface area (Å²) >= 11 is 5.86. The molecule has 1 heterocycles. The lowest BCUT2D eigenvalue weighted by Crippen LogP contribution is -2.07. The molecule has 1 N–H and O–H groups in total. The van der Waals surface area contributed by atoms with Crippen LogP contribution in [0.3, 0.4) is 0 Å². The third-order valence-corrected chi connectivity index (χ3v) is 2.94. The van der Waals surface area contributed by atoms with Crippen molar-refractivity contribution in [3.05, 3.63) is 46.8 Å². The van der Waals surface area contributed by atoms with E-state index in [0.717, 1.165) is 0 Å². The molecular weight excluding hydrogens is 255 g/mol. The summed E-state index contributed by atoms with van der Waals surface area (Å²) in [5, 5.41) is 12.4. The highest BCUT2D eigenvalue weighted by atomic mass is 35.5. The van der Waals surface area contributed by atoms with Crippen molar-refractivity contribution in [3.63, 3.8) is 0 Å². The summed E-state index contributed by atoms with van der Waals surface area (Å²) in [4.78, 5) is 4.10. The molecule has 4 nitrogen and oxygen atoms in total. The summed E-state index contributed by atoms with van der Waals surface area (Å²) in [7, 11) is 1.78. The second kappa shape index (κ2) is 5.07. The van der Waals surface area contributed by atoms with Crippen LogP contribution in [0.1, 0.15) is 11.4 Å². The zero-order chi connectivity index (χ0) is 13.1. The fraction of sp³-hybridized carbons (Fsp3) is 0.167. The molecule has 0 atom stereocenters. The van der Waals surface area contributed by atoms with Gasteiger partial charge in [0.05, 0.1) is 18.4 Å². The quantitative estimate of drug-likeness (QED) is 0.927. The Morgan fingerprint density at radius 2 is 2.33 bits per heavy atom. The zero-order valence-electron chi connectivity index (χ0n) is 9.61. The number of rotatable bonds is 3. The highest BCUT2D eigenvalue weighted by Gasteiger charge is 2.09. The van der Waals surface area contributed by atoms with Crippen molar-refractivity contribution < 1.29 is 4.39 Å². The van der Waals surface area contributed by atoms with Crippen LogP contribution >= 0.6 is 11.6 Å². The monoisotopic (exact) mass is 264 g/mol. The minimum atomic E-state index is -0.541. The minimum Gasteiger partial charge on any atom is -0.377 e. The highest BCUT2D eigenvalue weighted by molar-refractivity contribution is 6.29. The Morgan fingerprint density at radius 3 is 2.94 bits per heavy atom. The van der Waals surface area contributed by atoms with E-state index in [0.29, 0.717) is 23.2 Å². The summed E-state index contributed by atoms with van der Waals surface area (Å²) in [6, 6.07) is 6.27. The van der Waals surface area contributed by atoms with Gasteiger partial charge in [0.25, 0.3) is 0 Å². The van der Waals surface area contributed by atoms with E-state index >= 15 is 0 Å². The van der Waals surface area contributed by atoms with E-state index in [9.17, 15) is 4.39 Å². The SMILES string of the molecule is Cn1c(Cl)cnc1CNc1cccc(F)c1C#N. The van der Waals surface area contributed by atoms with Gasteiger partial charge in [-0.1, -0.05) is 17.7 Å².